The van der Waals surface area contributed by atoms with Gasteiger partial charge in [0.1, 0.15) is 18.1 Å². The van der Waals surface area contributed by atoms with Gasteiger partial charge in [-0.3, -0.25) is 24.1 Å². The van der Waals surface area contributed by atoms with Crippen LogP contribution in [0.3, 0.4) is 0 Å². The third kappa shape index (κ3) is 3.05. The molecule has 0 spiro atoms. The summed E-state index contributed by atoms with van der Waals surface area (Å²) in [7, 11) is 0. The van der Waals surface area contributed by atoms with Crippen LogP contribution in [0, 0.1) is 0 Å². The van der Waals surface area contributed by atoms with E-state index in [4.69, 9.17) is 0 Å². The fraction of sp³-hybridized carbons (Fsp3) is 0.476. The number of carbonyl (C=O) groups is 5. The van der Waals surface area contributed by atoms with Crippen molar-refractivity contribution in [2.24, 2.45) is 0 Å². The monoisotopic (exact) mass is 413 g/mol. The molecule has 30 heavy (non-hydrogen) atoms. The Morgan fingerprint density at radius 2 is 1.47 bits per heavy atom. The topological polar surface area (TPSA) is 115 Å². The first-order chi connectivity index (χ1) is 14.3. The molecule has 0 radical (unpaired) electrons. The number of likely N-dealkylation sites (tertiary alicyclic amines) is 2. The summed E-state index contributed by atoms with van der Waals surface area (Å²) in [6.45, 7) is 2.16. The molecule has 9 heteroatoms. The van der Waals surface area contributed by atoms with Crippen LogP contribution in [0.2, 0.25) is 0 Å². The minimum atomic E-state index is -1.06. The van der Waals surface area contributed by atoms with E-state index in [1.54, 1.807) is 24.3 Å². The third-order valence-corrected chi connectivity index (χ3v) is 6.21. The second-order valence-corrected chi connectivity index (χ2v) is 7.92. The summed E-state index contributed by atoms with van der Waals surface area (Å²) in [6.07, 6.45) is 2.03. The zero-order valence-corrected chi connectivity index (χ0v) is 16.6. The number of carboxylic acid groups (broad SMARTS) is 1. The van der Waals surface area contributed by atoms with Gasteiger partial charge in [-0.25, -0.2) is 4.79 Å². The normalized spacial score (nSPS) is 24.4. The van der Waals surface area contributed by atoms with Gasteiger partial charge in [0.25, 0.3) is 11.8 Å². The van der Waals surface area contributed by atoms with Crippen molar-refractivity contribution >= 4 is 29.6 Å². The van der Waals surface area contributed by atoms with Gasteiger partial charge >= 0.3 is 5.97 Å². The highest BCUT2D eigenvalue weighted by molar-refractivity contribution is 6.22. The van der Waals surface area contributed by atoms with Crippen LogP contribution in [-0.4, -0.2) is 80.6 Å². The average molecular weight is 413 g/mol. The predicted molar refractivity (Wildman–Crippen MR) is 104 cm³/mol. The van der Waals surface area contributed by atoms with Gasteiger partial charge < -0.3 is 14.9 Å². The Kier molecular flexibility index (Phi) is 5.05. The minimum absolute atomic E-state index is 0.262. The molecule has 1 aromatic carbocycles. The van der Waals surface area contributed by atoms with Crippen LogP contribution in [0.1, 0.15) is 53.3 Å². The van der Waals surface area contributed by atoms with Crippen LogP contribution in [0.25, 0.3) is 0 Å². The quantitative estimate of drug-likeness (QED) is 0.728. The van der Waals surface area contributed by atoms with E-state index in [9.17, 15) is 29.1 Å². The van der Waals surface area contributed by atoms with Gasteiger partial charge in [-0.1, -0.05) is 12.1 Å². The number of fused-ring (bicyclic) bond motifs is 1. The van der Waals surface area contributed by atoms with Crippen LogP contribution < -0.4 is 0 Å². The number of rotatable bonds is 4. The van der Waals surface area contributed by atoms with Crippen molar-refractivity contribution in [2.45, 2.75) is 50.7 Å². The van der Waals surface area contributed by atoms with Gasteiger partial charge in [0.2, 0.25) is 11.8 Å². The maximum absolute atomic E-state index is 13.2. The summed E-state index contributed by atoms with van der Waals surface area (Å²) in [6, 6.07) is 3.72. The van der Waals surface area contributed by atoms with E-state index in [-0.39, 0.29) is 17.0 Å². The summed E-state index contributed by atoms with van der Waals surface area (Å²) in [5, 5.41) is 9.37. The largest absolute Gasteiger partial charge is 0.480 e. The molecular formula is C21H23N3O6. The smallest absolute Gasteiger partial charge is 0.326 e. The lowest BCUT2D eigenvalue weighted by Gasteiger charge is -2.33. The minimum Gasteiger partial charge on any atom is -0.480 e. The van der Waals surface area contributed by atoms with Gasteiger partial charge in [-0.2, -0.15) is 0 Å². The lowest BCUT2D eigenvalue weighted by molar-refractivity contribution is -0.152. The summed E-state index contributed by atoms with van der Waals surface area (Å²) in [5.41, 5.74) is 0.523. The maximum Gasteiger partial charge on any atom is 0.326 e. The molecule has 3 atom stereocenters. The van der Waals surface area contributed by atoms with E-state index < -0.39 is 41.8 Å². The lowest BCUT2D eigenvalue weighted by atomic mass is 10.1. The van der Waals surface area contributed by atoms with Crippen molar-refractivity contribution in [2.75, 3.05) is 13.1 Å². The van der Waals surface area contributed by atoms with Gasteiger partial charge in [-0.15, -0.1) is 0 Å². The van der Waals surface area contributed by atoms with Crippen LogP contribution in [0.4, 0.5) is 0 Å². The zero-order valence-electron chi connectivity index (χ0n) is 16.6. The zero-order chi connectivity index (χ0) is 21.6. The molecule has 158 valence electrons. The number of hydrogen-bond donors (Lipinski definition) is 1. The number of imide groups is 1. The highest BCUT2D eigenvalue weighted by Gasteiger charge is 2.46. The van der Waals surface area contributed by atoms with E-state index in [0.29, 0.717) is 38.8 Å². The molecular weight excluding hydrogens is 390 g/mol. The SMILES string of the molecule is C[C@@H](C(=O)N1CCC[C@H]1C(=O)N1CCC[C@H]1C(=O)O)N1C(=O)c2ccccc2C1=O. The summed E-state index contributed by atoms with van der Waals surface area (Å²) in [4.78, 5) is 66.8. The van der Waals surface area contributed by atoms with Gasteiger partial charge in [0, 0.05) is 13.1 Å². The molecule has 3 aliphatic heterocycles. The first kappa shape index (κ1) is 20.1. The standard InChI is InChI=1S/C21H23N3O6/c1-12(24-18(26)13-6-2-3-7-14(13)19(24)27)17(25)22-10-4-8-15(22)20(28)23-11-5-9-16(23)21(29)30/h2-3,6-7,12,15-16H,4-5,8-11H2,1H3,(H,29,30)/t12-,15-,16-/m0/s1. The van der Waals surface area contributed by atoms with Crippen molar-refractivity contribution in [1.29, 1.82) is 0 Å². The fourth-order valence-corrected chi connectivity index (χ4v) is 4.68. The van der Waals surface area contributed by atoms with Crippen molar-refractivity contribution in [3.8, 4) is 0 Å². The Hall–Kier alpha value is -3.23. The Morgan fingerprint density at radius 3 is 2.03 bits per heavy atom. The van der Waals surface area contributed by atoms with E-state index in [1.165, 1.54) is 16.7 Å². The lowest BCUT2D eigenvalue weighted by Crippen LogP contribution is -2.55. The summed E-state index contributed by atoms with van der Waals surface area (Å²) in [5.74, 6) is -2.95. The summed E-state index contributed by atoms with van der Waals surface area (Å²) < 4.78 is 0. The maximum atomic E-state index is 13.2. The predicted octanol–water partition coefficient (Wildman–Crippen LogP) is 0.738. The molecule has 2 fully saturated rings. The number of carboxylic acids is 1. The first-order valence-corrected chi connectivity index (χ1v) is 10.1. The molecule has 9 nitrogen and oxygen atoms in total. The fourth-order valence-electron chi connectivity index (χ4n) is 4.68. The molecule has 0 aliphatic carbocycles. The Bertz CT molecular complexity index is 909. The molecule has 3 heterocycles. The first-order valence-electron chi connectivity index (χ1n) is 10.1. The van der Waals surface area contributed by atoms with E-state index >= 15 is 0 Å². The molecule has 0 bridgehead atoms. The number of hydrogen-bond acceptors (Lipinski definition) is 5. The molecule has 0 unspecified atom stereocenters. The van der Waals surface area contributed by atoms with E-state index in [2.05, 4.69) is 0 Å². The molecule has 4 amide bonds. The van der Waals surface area contributed by atoms with E-state index in [1.807, 2.05) is 0 Å². The average Bonchev–Trinajstić information content (AvgIpc) is 3.46. The Balaban J connectivity index is 1.53. The van der Waals surface area contributed by atoms with Crippen LogP contribution in [0.5, 0.6) is 0 Å². The van der Waals surface area contributed by atoms with Crippen molar-refractivity contribution in [3.63, 3.8) is 0 Å². The van der Waals surface area contributed by atoms with Crippen molar-refractivity contribution in [1.82, 2.24) is 14.7 Å². The van der Waals surface area contributed by atoms with Gasteiger partial charge in [0.15, 0.2) is 0 Å². The number of aliphatic carboxylic acids is 1. The van der Waals surface area contributed by atoms with Gasteiger partial charge in [0.05, 0.1) is 11.1 Å². The van der Waals surface area contributed by atoms with Crippen LogP contribution >= 0.6 is 0 Å². The highest BCUT2D eigenvalue weighted by atomic mass is 16.4. The third-order valence-electron chi connectivity index (χ3n) is 6.21. The Morgan fingerprint density at radius 1 is 0.933 bits per heavy atom. The Labute approximate surface area is 173 Å². The molecule has 1 aromatic rings. The molecule has 2 saturated heterocycles. The van der Waals surface area contributed by atoms with Crippen molar-refractivity contribution < 1.29 is 29.1 Å². The van der Waals surface area contributed by atoms with E-state index in [0.717, 1.165) is 4.90 Å². The number of carbonyl (C=O) groups excluding carboxylic acids is 4. The van der Waals surface area contributed by atoms with Crippen LogP contribution in [-0.2, 0) is 14.4 Å². The van der Waals surface area contributed by atoms with Gasteiger partial charge in [-0.05, 0) is 44.7 Å². The molecule has 0 aromatic heterocycles. The van der Waals surface area contributed by atoms with Crippen molar-refractivity contribution in [3.05, 3.63) is 35.4 Å². The number of amides is 4. The number of nitrogens with zero attached hydrogens (tertiary/aromatic N) is 3. The molecule has 3 aliphatic rings. The number of benzene rings is 1. The second kappa shape index (κ2) is 7.55. The second-order valence-electron chi connectivity index (χ2n) is 7.92. The summed E-state index contributed by atoms with van der Waals surface area (Å²) >= 11 is 0. The molecule has 4 rings (SSSR count). The van der Waals surface area contributed by atoms with Crippen LogP contribution in [0.15, 0.2) is 24.3 Å². The molecule has 0 saturated carbocycles. The molecule has 1 N–H and O–H groups in total. The highest BCUT2D eigenvalue weighted by Crippen LogP contribution is 2.29.